The monoisotopic (exact) mass is 416 g/mol. The predicted molar refractivity (Wildman–Crippen MR) is 119 cm³/mol. The van der Waals surface area contributed by atoms with Crippen LogP contribution in [0.15, 0.2) is 24.3 Å². The topological polar surface area (TPSA) is 57.7 Å². The Kier molecular flexibility index (Phi) is 7.64. The Labute approximate surface area is 177 Å². The maximum Gasteiger partial charge on any atom is 0.225 e. The lowest BCUT2D eigenvalue weighted by molar-refractivity contribution is -0.121. The van der Waals surface area contributed by atoms with Gasteiger partial charge in [0.1, 0.15) is 5.75 Å². The second kappa shape index (κ2) is 10.2. The molecule has 0 aliphatic carbocycles. The number of piperazine rings is 1. The SMILES string of the molecule is CCC(CN1CCN(C)CC1)NC(=O)Cc1sc(C)nc1-c1ccc(OC)cc1. The fraction of sp³-hybridized carbons (Fsp3) is 0.545. The Morgan fingerprint density at radius 1 is 1.24 bits per heavy atom. The van der Waals surface area contributed by atoms with Crippen LogP contribution < -0.4 is 10.1 Å². The molecule has 1 saturated heterocycles. The number of nitrogens with zero attached hydrogens (tertiary/aromatic N) is 3. The van der Waals surface area contributed by atoms with Gasteiger partial charge in [0, 0.05) is 49.2 Å². The number of likely N-dealkylation sites (N-methyl/N-ethyl adjacent to an activating group) is 1. The normalized spacial score (nSPS) is 16.6. The summed E-state index contributed by atoms with van der Waals surface area (Å²) in [5.74, 6) is 0.888. The van der Waals surface area contributed by atoms with E-state index in [0.717, 1.165) is 66.0 Å². The summed E-state index contributed by atoms with van der Waals surface area (Å²) < 4.78 is 5.24. The zero-order valence-electron chi connectivity index (χ0n) is 17.9. The number of aryl methyl sites for hydroxylation is 1. The first-order valence-electron chi connectivity index (χ1n) is 10.3. The Morgan fingerprint density at radius 2 is 1.93 bits per heavy atom. The summed E-state index contributed by atoms with van der Waals surface area (Å²) in [5, 5.41) is 4.22. The fourth-order valence-electron chi connectivity index (χ4n) is 3.61. The van der Waals surface area contributed by atoms with Gasteiger partial charge in [-0.05, 0) is 44.7 Å². The number of benzene rings is 1. The van der Waals surface area contributed by atoms with E-state index in [-0.39, 0.29) is 11.9 Å². The third-order valence-corrected chi connectivity index (χ3v) is 6.39. The highest BCUT2D eigenvalue weighted by molar-refractivity contribution is 7.12. The lowest BCUT2D eigenvalue weighted by Crippen LogP contribution is -2.50. The maximum absolute atomic E-state index is 12.8. The molecule has 2 heterocycles. The van der Waals surface area contributed by atoms with Crippen molar-refractivity contribution in [2.45, 2.75) is 32.7 Å². The van der Waals surface area contributed by atoms with Crippen molar-refractivity contribution in [1.82, 2.24) is 20.1 Å². The van der Waals surface area contributed by atoms with Gasteiger partial charge < -0.3 is 15.0 Å². The minimum absolute atomic E-state index is 0.0735. The van der Waals surface area contributed by atoms with Crippen LogP contribution in [0.3, 0.4) is 0 Å². The molecule has 158 valence electrons. The fourth-order valence-corrected chi connectivity index (χ4v) is 4.56. The van der Waals surface area contributed by atoms with Crippen molar-refractivity contribution in [3.63, 3.8) is 0 Å². The number of nitrogens with one attached hydrogen (secondary N) is 1. The van der Waals surface area contributed by atoms with Crippen LogP contribution in [0, 0.1) is 6.92 Å². The van der Waals surface area contributed by atoms with E-state index in [1.54, 1.807) is 18.4 Å². The van der Waals surface area contributed by atoms with Crippen LogP contribution in [-0.2, 0) is 11.2 Å². The Balaban J connectivity index is 1.62. The molecule has 1 aromatic heterocycles. The molecule has 1 aliphatic rings. The second-order valence-corrected chi connectivity index (χ2v) is 8.97. The third-order valence-electron chi connectivity index (χ3n) is 5.42. The number of ether oxygens (including phenoxy) is 1. The Bertz CT molecular complexity index is 798. The molecule has 2 aromatic rings. The van der Waals surface area contributed by atoms with E-state index in [1.165, 1.54) is 0 Å². The van der Waals surface area contributed by atoms with Gasteiger partial charge in [-0.2, -0.15) is 0 Å². The molecule has 0 spiro atoms. The zero-order chi connectivity index (χ0) is 20.8. The molecule has 1 fully saturated rings. The molecule has 0 bridgehead atoms. The van der Waals surface area contributed by atoms with Crippen LogP contribution in [0.25, 0.3) is 11.3 Å². The molecule has 0 radical (unpaired) electrons. The van der Waals surface area contributed by atoms with Crippen LogP contribution >= 0.6 is 11.3 Å². The van der Waals surface area contributed by atoms with E-state index in [4.69, 9.17) is 4.74 Å². The number of hydrogen-bond donors (Lipinski definition) is 1. The number of aromatic nitrogens is 1. The molecule has 0 saturated carbocycles. The van der Waals surface area contributed by atoms with Gasteiger partial charge in [-0.3, -0.25) is 9.69 Å². The van der Waals surface area contributed by atoms with Gasteiger partial charge in [-0.15, -0.1) is 11.3 Å². The summed E-state index contributed by atoms with van der Waals surface area (Å²) in [4.78, 5) is 23.3. The average Bonchev–Trinajstić information content (AvgIpc) is 3.09. The van der Waals surface area contributed by atoms with Crippen LogP contribution in [0.4, 0.5) is 0 Å². The van der Waals surface area contributed by atoms with Gasteiger partial charge in [0.05, 0.1) is 24.2 Å². The maximum atomic E-state index is 12.8. The second-order valence-electron chi connectivity index (χ2n) is 7.69. The number of carbonyl (C=O) groups excluding carboxylic acids is 1. The van der Waals surface area contributed by atoms with Gasteiger partial charge in [0.2, 0.25) is 5.91 Å². The van der Waals surface area contributed by atoms with E-state index in [9.17, 15) is 4.79 Å². The first-order chi connectivity index (χ1) is 14.0. The first kappa shape index (κ1) is 21.7. The Hall–Kier alpha value is -1.96. The molecule has 1 amide bonds. The highest BCUT2D eigenvalue weighted by Crippen LogP contribution is 2.29. The van der Waals surface area contributed by atoms with Crippen LogP contribution in [0.1, 0.15) is 23.2 Å². The number of amides is 1. The van der Waals surface area contributed by atoms with E-state index < -0.39 is 0 Å². The summed E-state index contributed by atoms with van der Waals surface area (Å²) in [6.07, 6.45) is 1.30. The lowest BCUT2D eigenvalue weighted by atomic mass is 10.1. The van der Waals surface area contributed by atoms with Gasteiger partial charge in [-0.1, -0.05) is 6.92 Å². The van der Waals surface area contributed by atoms with Crippen molar-refractivity contribution in [3.8, 4) is 17.0 Å². The smallest absolute Gasteiger partial charge is 0.225 e. The molecule has 6 nitrogen and oxygen atoms in total. The van der Waals surface area contributed by atoms with Crippen molar-refractivity contribution < 1.29 is 9.53 Å². The molecule has 3 rings (SSSR count). The summed E-state index contributed by atoms with van der Waals surface area (Å²) in [6, 6.07) is 8.03. The number of methoxy groups -OCH3 is 1. The molecule has 29 heavy (non-hydrogen) atoms. The van der Waals surface area contributed by atoms with Crippen molar-refractivity contribution in [1.29, 1.82) is 0 Å². The molecule has 1 atom stereocenters. The highest BCUT2D eigenvalue weighted by Gasteiger charge is 2.20. The molecule has 1 unspecified atom stereocenters. The molecular formula is C22H32N4O2S. The van der Waals surface area contributed by atoms with E-state index in [2.05, 4.69) is 34.1 Å². The standard InChI is InChI=1S/C22H32N4O2S/c1-5-18(15-26-12-10-25(3)11-13-26)24-21(27)14-20-22(23-16(2)29-20)17-6-8-19(28-4)9-7-17/h6-9,18H,5,10-15H2,1-4H3,(H,24,27). The zero-order valence-corrected chi connectivity index (χ0v) is 18.7. The highest BCUT2D eigenvalue weighted by atomic mass is 32.1. The molecular weight excluding hydrogens is 384 g/mol. The van der Waals surface area contributed by atoms with Crippen molar-refractivity contribution in [2.75, 3.05) is 46.9 Å². The van der Waals surface area contributed by atoms with Crippen LogP contribution in [0.5, 0.6) is 5.75 Å². The minimum Gasteiger partial charge on any atom is -0.497 e. The number of rotatable bonds is 8. The van der Waals surface area contributed by atoms with Crippen LogP contribution in [-0.4, -0.2) is 73.6 Å². The molecule has 1 aliphatic heterocycles. The summed E-state index contributed by atoms with van der Waals surface area (Å²) in [5.41, 5.74) is 1.92. The average molecular weight is 417 g/mol. The van der Waals surface area contributed by atoms with E-state index >= 15 is 0 Å². The summed E-state index contributed by atoms with van der Waals surface area (Å²) >= 11 is 1.60. The third kappa shape index (κ3) is 6.01. The van der Waals surface area contributed by atoms with E-state index in [1.807, 2.05) is 31.2 Å². The largest absolute Gasteiger partial charge is 0.497 e. The summed E-state index contributed by atoms with van der Waals surface area (Å²) in [7, 11) is 3.82. The van der Waals surface area contributed by atoms with Gasteiger partial charge in [-0.25, -0.2) is 4.98 Å². The van der Waals surface area contributed by atoms with E-state index in [0.29, 0.717) is 6.42 Å². The summed E-state index contributed by atoms with van der Waals surface area (Å²) in [6.45, 7) is 9.37. The van der Waals surface area contributed by atoms with Crippen molar-refractivity contribution in [3.05, 3.63) is 34.2 Å². The number of hydrogen-bond acceptors (Lipinski definition) is 6. The van der Waals surface area contributed by atoms with Crippen molar-refractivity contribution >= 4 is 17.2 Å². The number of carbonyl (C=O) groups is 1. The molecule has 1 N–H and O–H groups in total. The molecule has 7 heteroatoms. The lowest BCUT2D eigenvalue weighted by Gasteiger charge is -2.34. The molecule has 1 aromatic carbocycles. The Morgan fingerprint density at radius 3 is 2.55 bits per heavy atom. The van der Waals surface area contributed by atoms with Gasteiger partial charge in [0.15, 0.2) is 0 Å². The van der Waals surface area contributed by atoms with Gasteiger partial charge >= 0.3 is 0 Å². The van der Waals surface area contributed by atoms with Crippen LogP contribution in [0.2, 0.25) is 0 Å². The quantitative estimate of drug-likeness (QED) is 0.717. The first-order valence-corrected chi connectivity index (χ1v) is 11.1. The van der Waals surface area contributed by atoms with Gasteiger partial charge in [0.25, 0.3) is 0 Å². The minimum atomic E-state index is 0.0735. The van der Waals surface area contributed by atoms with Crippen molar-refractivity contribution in [2.24, 2.45) is 0 Å². The predicted octanol–water partition coefficient (Wildman–Crippen LogP) is 2.81. The number of thiazole rings is 1.